The van der Waals surface area contributed by atoms with Crippen LogP contribution in [-0.2, 0) is 5.41 Å². The van der Waals surface area contributed by atoms with Crippen LogP contribution in [0, 0.1) is 0 Å². The highest BCUT2D eigenvalue weighted by atomic mass is 16.3. The molecule has 1 aliphatic carbocycles. The number of benzene rings is 9. The summed E-state index contributed by atoms with van der Waals surface area (Å²) in [6.07, 6.45) is 0. The van der Waals surface area contributed by atoms with Gasteiger partial charge >= 0.3 is 0 Å². The minimum absolute atomic E-state index is 0.178. The summed E-state index contributed by atoms with van der Waals surface area (Å²) in [6, 6.07) is 72.0. The molecule has 0 bridgehead atoms. The van der Waals surface area contributed by atoms with Crippen LogP contribution in [-0.4, -0.2) is 0 Å². The van der Waals surface area contributed by atoms with E-state index in [1.165, 1.54) is 22.3 Å². The highest BCUT2D eigenvalue weighted by Crippen LogP contribution is 2.53. The second kappa shape index (κ2) is 13.2. The van der Waals surface area contributed by atoms with Crippen molar-refractivity contribution in [2.75, 3.05) is 4.90 Å². The summed E-state index contributed by atoms with van der Waals surface area (Å²) in [7, 11) is 0. The molecule has 11 aromatic rings. The second-order valence-corrected chi connectivity index (χ2v) is 16.4. The molecule has 60 heavy (non-hydrogen) atoms. The molecular formula is C57H39NO2. The Morgan fingerprint density at radius 2 is 0.983 bits per heavy atom. The van der Waals surface area contributed by atoms with Crippen molar-refractivity contribution in [1.82, 2.24) is 0 Å². The Balaban J connectivity index is 1.13. The van der Waals surface area contributed by atoms with Crippen LogP contribution in [0.2, 0.25) is 0 Å². The van der Waals surface area contributed by atoms with E-state index in [0.29, 0.717) is 0 Å². The third kappa shape index (κ3) is 5.22. The van der Waals surface area contributed by atoms with Crippen molar-refractivity contribution in [3.8, 4) is 44.5 Å². The van der Waals surface area contributed by atoms with Gasteiger partial charge in [-0.05, 0) is 93.0 Å². The summed E-state index contributed by atoms with van der Waals surface area (Å²) in [6.45, 7) is 4.71. The molecule has 284 valence electrons. The number of nitrogens with zero attached hydrogens (tertiary/aromatic N) is 1. The van der Waals surface area contributed by atoms with Crippen LogP contribution in [0.15, 0.2) is 209 Å². The number of fused-ring (bicyclic) bond motifs is 9. The van der Waals surface area contributed by atoms with E-state index in [4.69, 9.17) is 8.83 Å². The molecule has 0 unspecified atom stereocenters. The molecule has 0 spiro atoms. The van der Waals surface area contributed by atoms with E-state index in [-0.39, 0.29) is 5.41 Å². The standard InChI is InChI=1S/C57H39NO2/c1-57(2)48-24-9-6-19-43(48)44-32-30-40(35-49(44)57)58(50-25-14-28-54-55(50)47-21-8-11-27-53(47)59-54)51-34-37(36-15-4-3-5-16-36)29-31-41(51)38-17-12-18-39(33-38)42-22-13-23-46-45-20-7-10-26-52(45)60-56(42)46/h3-35H,1-2H3. The normalized spacial score (nSPS) is 13.0. The number of para-hydroxylation sites is 3. The van der Waals surface area contributed by atoms with E-state index < -0.39 is 0 Å². The van der Waals surface area contributed by atoms with Crippen molar-refractivity contribution in [3.63, 3.8) is 0 Å². The van der Waals surface area contributed by atoms with Gasteiger partial charge in [-0.1, -0.05) is 166 Å². The van der Waals surface area contributed by atoms with E-state index in [2.05, 4.69) is 201 Å². The molecule has 9 aromatic carbocycles. The molecule has 3 nitrogen and oxygen atoms in total. The molecule has 0 radical (unpaired) electrons. The zero-order valence-corrected chi connectivity index (χ0v) is 33.3. The van der Waals surface area contributed by atoms with Gasteiger partial charge in [0.25, 0.3) is 0 Å². The lowest BCUT2D eigenvalue weighted by Crippen LogP contribution is -2.17. The molecule has 12 rings (SSSR count). The summed E-state index contributed by atoms with van der Waals surface area (Å²) in [5.74, 6) is 0. The van der Waals surface area contributed by atoms with Gasteiger partial charge < -0.3 is 13.7 Å². The monoisotopic (exact) mass is 769 g/mol. The van der Waals surface area contributed by atoms with Gasteiger partial charge in [0.05, 0.1) is 16.8 Å². The van der Waals surface area contributed by atoms with Crippen molar-refractivity contribution in [2.24, 2.45) is 0 Å². The van der Waals surface area contributed by atoms with E-state index in [1.54, 1.807) is 0 Å². The molecule has 1 aliphatic rings. The largest absolute Gasteiger partial charge is 0.456 e. The maximum Gasteiger partial charge on any atom is 0.143 e. The fourth-order valence-corrected chi connectivity index (χ4v) is 9.78. The van der Waals surface area contributed by atoms with Crippen LogP contribution in [0.5, 0.6) is 0 Å². The van der Waals surface area contributed by atoms with Crippen molar-refractivity contribution < 1.29 is 8.83 Å². The number of furan rings is 2. The highest BCUT2D eigenvalue weighted by Gasteiger charge is 2.36. The zero-order chi connectivity index (χ0) is 40.0. The Kier molecular flexibility index (Phi) is 7.58. The molecule has 0 N–H and O–H groups in total. The Morgan fingerprint density at radius 3 is 1.85 bits per heavy atom. The first-order valence-corrected chi connectivity index (χ1v) is 20.7. The number of hydrogen-bond donors (Lipinski definition) is 0. The third-order valence-electron chi connectivity index (χ3n) is 12.7. The van der Waals surface area contributed by atoms with Crippen molar-refractivity contribution >= 4 is 60.9 Å². The molecule has 0 amide bonds. The Labute approximate surface area is 348 Å². The second-order valence-electron chi connectivity index (χ2n) is 16.4. The van der Waals surface area contributed by atoms with Crippen molar-refractivity contribution in [3.05, 3.63) is 211 Å². The Hall–Kier alpha value is -7.62. The predicted molar refractivity (Wildman–Crippen MR) is 250 cm³/mol. The van der Waals surface area contributed by atoms with E-state index >= 15 is 0 Å². The van der Waals surface area contributed by atoms with Crippen molar-refractivity contribution in [2.45, 2.75) is 19.3 Å². The summed E-state index contributed by atoms with van der Waals surface area (Å²) < 4.78 is 13.1. The van der Waals surface area contributed by atoms with Gasteiger partial charge in [0.1, 0.15) is 22.3 Å². The van der Waals surface area contributed by atoms with Gasteiger partial charge in [-0.3, -0.25) is 0 Å². The van der Waals surface area contributed by atoms with Crippen LogP contribution in [0.1, 0.15) is 25.0 Å². The Bertz CT molecular complexity index is 3480. The van der Waals surface area contributed by atoms with Gasteiger partial charge in [-0.15, -0.1) is 0 Å². The van der Waals surface area contributed by atoms with Gasteiger partial charge in [0.2, 0.25) is 0 Å². The van der Waals surface area contributed by atoms with E-state index in [9.17, 15) is 0 Å². The van der Waals surface area contributed by atoms with Crippen LogP contribution < -0.4 is 4.90 Å². The first-order valence-electron chi connectivity index (χ1n) is 20.7. The van der Waals surface area contributed by atoms with E-state index in [1.807, 2.05) is 18.2 Å². The summed E-state index contributed by atoms with van der Waals surface area (Å²) in [4.78, 5) is 2.47. The van der Waals surface area contributed by atoms with Gasteiger partial charge in [-0.2, -0.15) is 0 Å². The topological polar surface area (TPSA) is 29.5 Å². The van der Waals surface area contributed by atoms with E-state index in [0.717, 1.165) is 94.3 Å². The van der Waals surface area contributed by atoms with Crippen LogP contribution in [0.4, 0.5) is 17.1 Å². The lowest BCUT2D eigenvalue weighted by atomic mass is 9.82. The van der Waals surface area contributed by atoms with Gasteiger partial charge in [0.15, 0.2) is 0 Å². The van der Waals surface area contributed by atoms with Gasteiger partial charge in [-0.25, -0.2) is 0 Å². The first kappa shape index (κ1) is 34.4. The predicted octanol–water partition coefficient (Wildman–Crippen LogP) is 16.3. The number of hydrogen-bond acceptors (Lipinski definition) is 3. The Morgan fingerprint density at radius 1 is 0.367 bits per heavy atom. The molecule has 0 saturated heterocycles. The van der Waals surface area contributed by atoms with Crippen molar-refractivity contribution in [1.29, 1.82) is 0 Å². The zero-order valence-electron chi connectivity index (χ0n) is 33.3. The minimum atomic E-state index is -0.178. The minimum Gasteiger partial charge on any atom is -0.456 e. The summed E-state index contributed by atoms with van der Waals surface area (Å²) in [5.41, 5.74) is 18.5. The molecule has 2 heterocycles. The smallest absolute Gasteiger partial charge is 0.143 e. The maximum absolute atomic E-state index is 6.56. The van der Waals surface area contributed by atoms with Crippen LogP contribution >= 0.6 is 0 Å². The maximum atomic E-state index is 6.56. The average molecular weight is 770 g/mol. The summed E-state index contributed by atoms with van der Waals surface area (Å²) in [5, 5.41) is 4.41. The molecular weight excluding hydrogens is 731 g/mol. The lowest BCUT2D eigenvalue weighted by Gasteiger charge is -2.31. The SMILES string of the molecule is CC1(C)c2ccccc2-c2ccc(N(c3cc(-c4ccccc4)ccc3-c3cccc(-c4cccc5c4oc4ccccc45)c3)c3cccc4oc5ccccc5c34)cc21. The fraction of sp³-hybridized carbons (Fsp3) is 0.0526. The third-order valence-corrected chi connectivity index (χ3v) is 12.7. The van der Waals surface area contributed by atoms with Crippen LogP contribution in [0.3, 0.4) is 0 Å². The average Bonchev–Trinajstić information content (AvgIpc) is 3.95. The first-order chi connectivity index (χ1) is 29.5. The quantitative estimate of drug-likeness (QED) is 0.169. The highest BCUT2D eigenvalue weighted by molar-refractivity contribution is 6.14. The molecule has 2 aromatic heterocycles. The molecule has 0 fully saturated rings. The molecule has 3 heteroatoms. The van der Waals surface area contributed by atoms with Gasteiger partial charge in [0, 0.05) is 38.4 Å². The molecule has 0 aliphatic heterocycles. The number of rotatable bonds is 6. The van der Waals surface area contributed by atoms with Crippen LogP contribution in [0.25, 0.3) is 88.4 Å². The number of anilines is 3. The summed E-state index contributed by atoms with van der Waals surface area (Å²) >= 11 is 0. The molecule has 0 atom stereocenters. The lowest BCUT2D eigenvalue weighted by molar-refractivity contribution is 0.660. The molecule has 0 saturated carbocycles. The fourth-order valence-electron chi connectivity index (χ4n) is 9.78.